The fourth-order valence-corrected chi connectivity index (χ4v) is 7.20. The number of hydrogen-bond donors (Lipinski definition) is 0. The van der Waals surface area contributed by atoms with Crippen LogP contribution in [0.15, 0.2) is 171 Å². The topological polar surface area (TPSA) is 35.6 Å². The van der Waals surface area contributed by atoms with E-state index in [0.717, 1.165) is 45.4 Å². The summed E-state index contributed by atoms with van der Waals surface area (Å²) in [4.78, 5) is 9.03. The van der Waals surface area contributed by atoms with Gasteiger partial charge < -0.3 is 9.13 Å². The highest BCUT2D eigenvalue weighted by atomic mass is 15.0. The van der Waals surface area contributed by atoms with Crippen molar-refractivity contribution in [2.45, 2.75) is 6.42 Å². The molecule has 49 heavy (non-hydrogen) atoms. The second-order valence-electron chi connectivity index (χ2n) is 12.4. The maximum Gasteiger partial charge on any atom is 0.116 e. The fraction of sp³-hybridized carbons (Fsp3) is 0.0222. The number of aromatic nitrogens is 4. The minimum absolute atomic E-state index is 0.860. The molecule has 1 aliphatic carbocycles. The zero-order valence-electron chi connectivity index (χ0n) is 26.9. The van der Waals surface area contributed by atoms with Gasteiger partial charge in [0.2, 0.25) is 0 Å². The number of fused-ring (bicyclic) bond motifs is 3. The second kappa shape index (κ2) is 11.9. The number of para-hydroxylation sites is 1. The van der Waals surface area contributed by atoms with Gasteiger partial charge in [-0.05, 0) is 64.9 Å². The Balaban J connectivity index is 1.22. The average Bonchev–Trinajstić information content (AvgIpc) is 3.74. The quantitative estimate of drug-likeness (QED) is 0.190. The highest BCUT2D eigenvalue weighted by Crippen LogP contribution is 2.30. The van der Waals surface area contributed by atoms with Crippen LogP contribution in [0.5, 0.6) is 0 Å². The van der Waals surface area contributed by atoms with Crippen molar-refractivity contribution in [3.8, 4) is 22.6 Å². The molecule has 4 heteroatoms. The predicted molar refractivity (Wildman–Crippen MR) is 204 cm³/mol. The van der Waals surface area contributed by atoms with Crippen LogP contribution in [0.4, 0.5) is 0 Å². The Bertz CT molecular complexity index is 2750. The molecule has 0 saturated heterocycles. The van der Waals surface area contributed by atoms with Crippen molar-refractivity contribution >= 4 is 49.8 Å². The molecule has 0 N–H and O–H groups in total. The summed E-state index contributed by atoms with van der Waals surface area (Å²) in [7, 11) is 0. The van der Waals surface area contributed by atoms with Gasteiger partial charge in [-0.2, -0.15) is 0 Å². The molecule has 0 bridgehead atoms. The molecule has 232 valence electrons. The van der Waals surface area contributed by atoms with Crippen LogP contribution in [0.3, 0.4) is 0 Å². The van der Waals surface area contributed by atoms with Crippen LogP contribution >= 0.6 is 0 Å². The smallest absolute Gasteiger partial charge is 0.116 e. The Morgan fingerprint density at radius 1 is 0.714 bits per heavy atom. The van der Waals surface area contributed by atoms with E-state index in [-0.39, 0.29) is 0 Å². The van der Waals surface area contributed by atoms with E-state index < -0.39 is 0 Å². The van der Waals surface area contributed by atoms with E-state index in [2.05, 4.69) is 165 Å². The lowest BCUT2D eigenvalue weighted by atomic mass is 10.0. The summed E-state index contributed by atoms with van der Waals surface area (Å²) in [6.07, 6.45) is 17.5. The number of nitrogens with zero attached hydrogens (tertiary/aromatic N) is 4. The minimum Gasteiger partial charge on any atom is -0.313 e. The number of benzene rings is 5. The molecule has 0 saturated carbocycles. The van der Waals surface area contributed by atoms with Crippen molar-refractivity contribution in [1.82, 2.24) is 19.1 Å². The standard InChI is InChI=1S/C45H32N4/c1-31(35-23-24-40-36(28-35)25-26-48(40)43-29-46-30-47-44(43)33-14-4-2-5-15-33)27-39-38-20-10-11-21-42(38)49(45(39)34-16-6-3-7-17-34)41-22-12-18-32-13-8-9-19-37(32)41/h2-16,18-30H,1,17H2/b39-27-,45-34+. The third-order valence-electron chi connectivity index (χ3n) is 9.49. The van der Waals surface area contributed by atoms with Crippen molar-refractivity contribution in [3.63, 3.8) is 0 Å². The summed E-state index contributed by atoms with van der Waals surface area (Å²) in [5.74, 6) is 0. The van der Waals surface area contributed by atoms with Gasteiger partial charge in [0.05, 0.1) is 39.6 Å². The van der Waals surface area contributed by atoms with Crippen molar-refractivity contribution in [2.75, 3.05) is 0 Å². The van der Waals surface area contributed by atoms with Gasteiger partial charge in [-0.3, -0.25) is 0 Å². The average molecular weight is 629 g/mol. The third-order valence-corrected chi connectivity index (χ3v) is 9.49. The van der Waals surface area contributed by atoms with Crippen LogP contribution in [0.2, 0.25) is 0 Å². The molecule has 0 amide bonds. The lowest BCUT2D eigenvalue weighted by Gasteiger charge is -2.13. The van der Waals surface area contributed by atoms with E-state index in [1.807, 2.05) is 24.4 Å². The summed E-state index contributed by atoms with van der Waals surface area (Å²) >= 11 is 0. The zero-order valence-corrected chi connectivity index (χ0v) is 26.9. The Labute approximate surface area is 284 Å². The van der Waals surface area contributed by atoms with Crippen LogP contribution in [-0.2, 0) is 0 Å². The maximum absolute atomic E-state index is 4.65. The molecule has 4 nitrogen and oxygen atoms in total. The summed E-state index contributed by atoms with van der Waals surface area (Å²) in [5, 5.41) is 7.15. The van der Waals surface area contributed by atoms with Crippen molar-refractivity contribution < 1.29 is 0 Å². The molecule has 3 heterocycles. The van der Waals surface area contributed by atoms with Gasteiger partial charge in [-0.15, -0.1) is 0 Å². The largest absolute Gasteiger partial charge is 0.313 e. The Morgan fingerprint density at radius 3 is 2.41 bits per heavy atom. The molecule has 3 aromatic heterocycles. The molecule has 0 radical (unpaired) electrons. The van der Waals surface area contributed by atoms with Gasteiger partial charge in [0.15, 0.2) is 0 Å². The summed E-state index contributed by atoms with van der Waals surface area (Å²) < 4.78 is 4.62. The van der Waals surface area contributed by atoms with Crippen LogP contribution in [0.25, 0.3) is 72.4 Å². The van der Waals surface area contributed by atoms with E-state index in [4.69, 9.17) is 0 Å². The molecule has 0 unspecified atom stereocenters. The molecule has 9 rings (SSSR count). The number of allylic oxidation sites excluding steroid dienone is 5. The molecular weight excluding hydrogens is 597 g/mol. The first-order valence-corrected chi connectivity index (χ1v) is 16.6. The molecule has 5 aromatic carbocycles. The maximum atomic E-state index is 4.65. The minimum atomic E-state index is 0.860. The monoisotopic (exact) mass is 628 g/mol. The fourth-order valence-electron chi connectivity index (χ4n) is 7.20. The Kier molecular flexibility index (Phi) is 6.98. The van der Waals surface area contributed by atoms with Crippen molar-refractivity contribution in [1.29, 1.82) is 0 Å². The molecule has 8 aromatic rings. The van der Waals surface area contributed by atoms with Crippen LogP contribution in [0, 0.1) is 0 Å². The van der Waals surface area contributed by atoms with Gasteiger partial charge in [0.25, 0.3) is 0 Å². The van der Waals surface area contributed by atoms with E-state index in [1.165, 1.54) is 43.5 Å². The first kappa shape index (κ1) is 28.7. The highest BCUT2D eigenvalue weighted by molar-refractivity contribution is 5.98. The number of hydrogen-bond acceptors (Lipinski definition) is 2. The normalized spacial score (nSPS) is 14.3. The van der Waals surface area contributed by atoms with Crippen molar-refractivity contribution in [2.24, 2.45) is 0 Å². The lowest BCUT2D eigenvalue weighted by Crippen LogP contribution is -2.31. The van der Waals surface area contributed by atoms with Gasteiger partial charge in [-0.25, -0.2) is 9.97 Å². The van der Waals surface area contributed by atoms with E-state index in [9.17, 15) is 0 Å². The van der Waals surface area contributed by atoms with Crippen LogP contribution in [-0.4, -0.2) is 19.1 Å². The predicted octanol–water partition coefficient (Wildman–Crippen LogP) is 9.35. The van der Waals surface area contributed by atoms with Crippen LogP contribution in [0.1, 0.15) is 12.0 Å². The lowest BCUT2D eigenvalue weighted by molar-refractivity contribution is 1.05. The summed E-state index contributed by atoms with van der Waals surface area (Å²) in [5.41, 5.74) is 9.65. The van der Waals surface area contributed by atoms with E-state index >= 15 is 0 Å². The number of rotatable bonds is 5. The molecular formula is C45H32N4. The van der Waals surface area contributed by atoms with Gasteiger partial charge in [0.1, 0.15) is 6.33 Å². The Morgan fingerprint density at radius 2 is 1.53 bits per heavy atom. The first-order valence-electron chi connectivity index (χ1n) is 16.6. The SMILES string of the molecule is C=C(/C=c1\c(=C2\C=CC=CC2)n(-c2cccc3ccccc23)c2ccccc12)c1ccc2c(ccn2-c2cncnc2-c2ccccc2)c1. The van der Waals surface area contributed by atoms with Gasteiger partial charge in [-0.1, -0.05) is 122 Å². The van der Waals surface area contributed by atoms with E-state index in [0.29, 0.717) is 0 Å². The van der Waals surface area contributed by atoms with Gasteiger partial charge >= 0.3 is 0 Å². The molecule has 1 aliphatic rings. The van der Waals surface area contributed by atoms with E-state index in [1.54, 1.807) is 6.33 Å². The van der Waals surface area contributed by atoms with Crippen molar-refractivity contribution in [3.05, 3.63) is 187 Å². The molecule has 0 spiro atoms. The molecule has 0 aliphatic heterocycles. The first-order chi connectivity index (χ1) is 24.2. The van der Waals surface area contributed by atoms with Gasteiger partial charge in [0, 0.05) is 33.1 Å². The zero-order chi connectivity index (χ0) is 32.7. The third kappa shape index (κ3) is 4.93. The molecule has 0 atom stereocenters. The second-order valence-corrected chi connectivity index (χ2v) is 12.4. The summed E-state index contributed by atoms with van der Waals surface area (Å²) in [6, 6.07) is 42.9. The van der Waals surface area contributed by atoms with Crippen LogP contribution < -0.4 is 10.6 Å². The highest BCUT2D eigenvalue weighted by Gasteiger charge is 2.16. The molecule has 0 fully saturated rings. The summed E-state index contributed by atoms with van der Waals surface area (Å²) in [6.45, 7) is 4.64. The Hall–Kier alpha value is -6.52.